The summed E-state index contributed by atoms with van der Waals surface area (Å²) in [5.41, 5.74) is 1.83. The number of sulfonamides is 1. The van der Waals surface area contributed by atoms with Gasteiger partial charge in [0.25, 0.3) is 15.9 Å². The predicted octanol–water partition coefficient (Wildman–Crippen LogP) is 3.69. The summed E-state index contributed by atoms with van der Waals surface area (Å²) in [6, 6.07) is 13.8. The first-order valence-corrected chi connectivity index (χ1v) is 12.5. The summed E-state index contributed by atoms with van der Waals surface area (Å²) in [5.74, 6) is 0.669. The third kappa shape index (κ3) is 5.55. The van der Waals surface area contributed by atoms with E-state index in [1.165, 1.54) is 0 Å². The van der Waals surface area contributed by atoms with Crippen LogP contribution < -0.4 is 5.32 Å². The van der Waals surface area contributed by atoms with E-state index in [0.29, 0.717) is 41.7 Å². The first kappa shape index (κ1) is 23.9. The van der Waals surface area contributed by atoms with E-state index in [4.69, 9.17) is 0 Å². The second-order valence-corrected chi connectivity index (χ2v) is 9.86. The van der Waals surface area contributed by atoms with E-state index in [2.05, 4.69) is 42.3 Å². The molecule has 1 aliphatic heterocycles. The Balaban J connectivity index is 1.73. The highest BCUT2D eigenvalue weighted by atomic mass is 32.2. The standard InChI is InChI=1S/C24H32N4O3S/c1-5-27(6-2)15-16-28(17-18(3)4)24(29)19-11-13-20(14-12-19)25-23-21-9-7-8-10-22(21)32(30,31)26-23/h7-14,18H,5-6,15-17H2,1-4H3,(H,25,26). The van der Waals surface area contributed by atoms with Gasteiger partial charge in [0.15, 0.2) is 5.84 Å². The molecule has 1 heterocycles. The van der Waals surface area contributed by atoms with Gasteiger partial charge < -0.3 is 15.1 Å². The summed E-state index contributed by atoms with van der Waals surface area (Å²) in [7, 11) is -3.68. The molecule has 0 bridgehead atoms. The second-order valence-electron chi connectivity index (χ2n) is 8.29. The quantitative estimate of drug-likeness (QED) is 0.622. The summed E-state index contributed by atoms with van der Waals surface area (Å²) in [6.45, 7) is 12.6. The number of hydrogen-bond donors (Lipinski definition) is 1. The maximum Gasteiger partial charge on any atom is 0.285 e. The maximum absolute atomic E-state index is 13.2. The van der Waals surface area contributed by atoms with Gasteiger partial charge in [0.05, 0.1) is 0 Å². The predicted molar refractivity (Wildman–Crippen MR) is 129 cm³/mol. The average Bonchev–Trinajstić information content (AvgIpc) is 3.03. The molecule has 8 heteroatoms. The highest BCUT2D eigenvalue weighted by molar-refractivity contribution is 7.90. The van der Waals surface area contributed by atoms with Crippen LogP contribution in [0.4, 0.5) is 5.69 Å². The second kappa shape index (κ2) is 10.3. The Labute approximate surface area is 191 Å². The van der Waals surface area contributed by atoms with Gasteiger partial charge in [0.2, 0.25) is 0 Å². The van der Waals surface area contributed by atoms with Crippen molar-refractivity contribution in [1.82, 2.24) is 9.80 Å². The van der Waals surface area contributed by atoms with E-state index in [1.807, 2.05) is 4.90 Å². The summed E-state index contributed by atoms with van der Waals surface area (Å²) >= 11 is 0. The van der Waals surface area contributed by atoms with Crippen molar-refractivity contribution in [2.75, 3.05) is 38.0 Å². The molecule has 0 radical (unpaired) electrons. The number of hydrogen-bond acceptors (Lipinski definition) is 5. The molecule has 0 saturated heterocycles. The van der Waals surface area contributed by atoms with E-state index in [1.54, 1.807) is 48.5 Å². The monoisotopic (exact) mass is 456 g/mol. The minimum absolute atomic E-state index is 0.00327. The zero-order valence-corrected chi connectivity index (χ0v) is 20.0. The zero-order chi connectivity index (χ0) is 23.3. The molecular formula is C24H32N4O3S. The molecular weight excluding hydrogens is 424 g/mol. The van der Waals surface area contributed by atoms with Crippen molar-refractivity contribution in [3.63, 3.8) is 0 Å². The average molecular weight is 457 g/mol. The van der Waals surface area contributed by atoms with E-state index in [-0.39, 0.29) is 10.8 Å². The van der Waals surface area contributed by atoms with Gasteiger partial charge >= 0.3 is 0 Å². The molecule has 0 unspecified atom stereocenters. The molecule has 0 saturated carbocycles. The Kier molecular flexibility index (Phi) is 7.69. The van der Waals surface area contributed by atoms with Crippen LogP contribution in [0.2, 0.25) is 0 Å². The fourth-order valence-electron chi connectivity index (χ4n) is 3.73. The molecule has 32 heavy (non-hydrogen) atoms. The molecule has 3 rings (SSSR count). The fourth-order valence-corrected chi connectivity index (χ4v) is 4.91. The van der Waals surface area contributed by atoms with Crippen LogP contribution in [0.5, 0.6) is 0 Å². The minimum Gasteiger partial charge on any atom is -0.339 e. The number of fused-ring (bicyclic) bond motifs is 1. The first-order chi connectivity index (χ1) is 15.2. The van der Waals surface area contributed by atoms with Gasteiger partial charge in [-0.1, -0.05) is 39.8 Å². The molecule has 7 nitrogen and oxygen atoms in total. The van der Waals surface area contributed by atoms with Gasteiger partial charge in [-0.2, -0.15) is 8.42 Å². The van der Waals surface area contributed by atoms with Crippen molar-refractivity contribution in [2.24, 2.45) is 10.3 Å². The smallest absolute Gasteiger partial charge is 0.285 e. The minimum atomic E-state index is -3.68. The number of amidine groups is 1. The molecule has 2 aromatic rings. The molecule has 0 aliphatic carbocycles. The Morgan fingerprint density at radius 1 is 1.00 bits per heavy atom. The van der Waals surface area contributed by atoms with Crippen LogP contribution in [0.25, 0.3) is 0 Å². The SMILES string of the molecule is CCN(CC)CCN(CC(C)C)C(=O)c1ccc(NC2=NS(=O)(=O)c3ccccc32)cc1. The molecule has 1 amide bonds. The van der Waals surface area contributed by atoms with Crippen molar-refractivity contribution < 1.29 is 13.2 Å². The number of carbonyl (C=O) groups is 1. The number of amides is 1. The van der Waals surface area contributed by atoms with E-state index >= 15 is 0 Å². The number of rotatable bonds is 9. The molecule has 0 spiro atoms. The normalized spacial score (nSPS) is 14.4. The van der Waals surface area contributed by atoms with Crippen LogP contribution in [0.1, 0.15) is 43.6 Å². The Bertz CT molecular complexity index is 1070. The van der Waals surface area contributed by atoms with Crippen LogP contribution in [0.15, 0.2) is 57.8 Å². The number of nitrogens with zero attached hydrogens (tertiary/aromatic N) is 3. The van der Waals surface area contributed by atoms with Gasteiger partial charge in [-0.3, -0.25) is 4.79 Å². The van der Waals surface area contributed by atoms with Crippen LogP contribution in [0.3, 0.4) is 0 Å². The van der Waals surface area contributed by atoms with Crippen molar-refractivity contribution in [1.29, 1.82) is 0 Å². The summed E-state index contributed by atoms with van der Waals surface area (Å²) in [4.78, 5) is 17.6. The molecule has 172 valence electrons. The maximum atomic E-state index is 13.2. The molecule has 2 aromatic carbocycles. The highest BCUT2D eigenvalue weighted by Crippen LogP contribution is 2.26. The molecule has 1 N–H and O–H groups in total. The lowest BCUT2D eigenvalue weighted by atomic mass is 10.1. The molecule has 1 aliphatic rings. The highest BCUT2D eigenvalue weighted by Gasteiger charge is 2.28. The molecule has 0 fully saturated rings. The van der Waals surface area contributed by atoms with Crippen LogP contribution in [0, 0.1) is 5.92 Å². The van der Waals surface area contributed by atoms with E-state index in [0.717, 1.165) is 19.6 Å². The lowest BCUT2D eigenvalue weighted by Crippen LogP contribution is -2.40. The fraction of sp³-hybridized carbons (Fsp3) is 0.417. The van der Waals surface area contributed by atoms with E-state index < -0.39 is 10.0 Å². The van der Waals surface area contributed by atoms with Crippen molar-refractivity contribution in [3.05, 3.63) is 59.7 Å². The van der Waals surface area contributed by atoms with Gasteiger partial charge in [0, 0.05) is 36.4 Å². The van der Waals surface area contributed by atoms with Crippen molar-refractivity contribution in [2.45, 2.75) is 32.6 Å². The van der Waals surface area contributed by atoms with Crippen molar-refractivity contribution in [3.8, 4) is 0 Å². The first-order valence-electron chi connectivity index (χ1n) is 11.1. The summed E-state index contributed by atoms with van der Waals surface area (Å²) in [5, 5.41) is 3.07. The Morgan fingerprint density at radius 2 is 1.66 bits per heavy atom. The number of carbonyl (C=O) groups excluding carboxylic acids is 1. The van der Waals surface area contributed by atoms with Gasteiger partial charge in [-0.25, -0.2) is 0 Å². The third-order valence-corrected chi connectivity index (χ3v) is 6.81. The lowest BCUT2D eigenvalue weighted by molar-refractivity contribution is 0.0716. The topological polar surface area (TPSA) is 82.1 Å². The number of nitrogens with one attached hydrogen (secondary N) is 1. The van der Waals surface area contributed by atoms with E-state index in [9.17, 15) is 13.2 Å². The largest absolute Gasteiger partial charge is 0.339 e. The third-order valence-electron chi connectivity index (χ3n) is 5.48. The summed E-state index contributed by atoms with van der Waals surface area (Å²) < 4.78 is 28.3. The van der Waals surface area contributed by atoms with Gasteiger partial charge in [-0.05, 0) is 55.4 Å². The molecule has 0 atom stereocenters. The van der Waals surface area contributed by atoms with Crippen LogP contribution in [-0.2, 0) is 10.0 Å². The summed E-state index contributed by atoms with van der Waals surface area (Å²) in [6.07, 6.45) is 0. The zero-order valence-electron chi connectivity index (χ0n) is 19.2. The van der Waals surface area contributed by atoms with Crippen LogP contribution in [-0.4, -0.2) is 62.7 Å². The number of likely N-dealkylation sites (N-methyl/N-ethyl adjacent to an activating group) is 1. The number of benzene rings is 2. The lowest BCUT2D eigenvalue weighted by Gasteiger charge is -2.28. The van der Waals surface area contributed by atoms with Gasteiger partial charge in [0.1, 0.15) is 4.90 Å². The Morgan fingerprint density at radius 3 is 2.28 bits per heavy atom. The number of anilines is 1. The van der Waals surface area contributed by atoms with Crippen molar-refractivity contribution >= 4 is 27.5 Å². The van der Waals surface area contributed by atoms with Crippen LogP contribution >= 0.6 is 0 Å². The van der Waals surface area contributed by atoms with Gasteiger partial charge in [-0.15, -0.1) is 4.40 Å². The molecule has 0 aromatic heterocycles. The Hall–Kier alpha value is -2.71.